The molecule has 0 atom stereocenters. The lowest BCUT2D eigenvalue weighted by molar-refractivity contribution is 0.409. The molecule has 0 radical (unpaired) electrons. The van der Waals surface area contributed by atoms with Gasteiger partial charge in [-0.3, -0.25) is 4.98 Å². The van der Waals surface area contributed by atoms with Crippen molar-refractivity contribution in [3.63, 3.8) is 0 Å². The van der Waals surface area contributed by atoms with Crippen LogP contribution in [0.15, 0.2) is 53.1 Å². The van der Waals surface area contributed by atoms with E-state index in [-0.39, 0.29) is 0 Å². The SMILES string of the molecule is CCc1ccnc(Cc2c(Cl)cccc2CCc2cc(Br)ccc2OC)c1CC. The fourth-order valence-electron chi connectivity index (χ4n) is 3.91. The van der Waals surface area contributed by atoms with E-state index in [0.29, 0.717) is 0 Å². The van der Waals surface area contributed by atoms with Crippen LogP contribution in [0.2, 0.25) is 5.02 Å². The second-order valence-electron chi connectivity index (χ2n) is 7.11. The summed E-state index contributed by atoms with van der Waals surface area (Å²) in [6.45, 7) is 4.40. The van der Waals surface area contributed by atoms with Gasteiger partial charge in [-0.2, -0.15) is 0 Å². The summed E-state index contributed by atoms with van der Waals surface area (Å²) in [5.74, 6) is 0.919. The van der Waals surface area contributed by atoms with Crippen molar-refractivity contribution in [1.29, 1.82) is 0 Å². The molecule has 1 heterocycles. The molecule has 0 aliphatic rings. The number of rotatable bonds is 8. The third-order valence-corrected chi connectivity index (χ3v) is 6.29. The molecule has 29 heavy (non-hydrogen) atoms. The molecule has 0 N–H and O–H groups in total. The number of halogens is 2. The number of methoxy groups -OCH3 is 1. The fourth-order valence-corrected chi connectivity index (χ4v) is 4.58. The first-order valence-corrected chi connectivity index (χ1v) is 11.3. The Morgan fingerprint density at radius 2 is 1.72 bits per heavy atom. The minimum Gasteiger partial charge on any atom is -0.496 e. The van der Waals surface area contributed by atoms with Crippen LogP contribution in [-0.2, 0) is 32.1 Å². The zero-order valence-electron chi connectivity index (χ0n) is 17.3. The molecule has 1 aromatic heterocycles. The summed E-state index contributed by atoms with van der Waals surface area (Å²) in [5, 5.41) is 0.814. The molecule has 2 aromatic carbocycles. The molecule has 0 aliphatic carbocycles. The van der Waals surface area contributed by atoms with Crippen LogP contribution in [0.1, 0.15) is 47.4 Å². The van der Waals surface area contributed by atoms with Gasteiger partial charge in [-0.15, -0.1) is 0 Å². The smallest absolute Gasteiger partial charge is 0.122 e. The number of ether oxygens (including phenoxy) is 1. The zero-order chi connectivity index (χ0) is 20.8. The Balaban J connectivity index is 1.90. The maximum atomic E-state index is 6.65. The predicted octanol–water partition coefficient (Wildman–Crippen LogP) is 7.01. The topological polar surface area (TPSA) is 22.1 Å². The highest BCUT2D eigenvalue weighted by atomic mass is 79.9. The molecule has 0 aliphatic heterocycles. The highest BCUT2D eigenvalue weighted by Crippen LogP contribution is 2.29. The van der Waals surface area contributed by atoms with E-state index in [0.717, 1.165) is 53.0 Å². The average molecular weight is 473 g/mol. The monoisotopic (exact) mass is 471 g/mol. The van der Waals surface area contributed by atoms with Crippen LogP contribution >= 0.6 is 27.5 Å². The van der Waals surface area contributed by atoms with Crippen molar-refractivity contribution >= 4 is 27.5 Å². The van der Waals surface area contributed by atoms with Gasteiger partial charge in [0.1, 0.15) is 5.75 Å². The van der Waals surface area contributed by atoms with Crippen molar-refractivity contribution in [2.45, 2.75) is 46.0 Å². The summed E-state index contributed by atoms with van der Waals surface area (Å²) < 4.78 is 6.60. The van der Waals surface area contributed by atoms with Gasteiger partial charge in [-0.1, -0.05) is 53.5 Å². The van der Waals surface area contributed by atoms with E-state index in [1.54, 1.807) is 7.11 Å². The molecular formula is C25H27BrClNO. The van der Waals surface area contributed by atoms with Crippen LogP contribution in [-0.4, -0.2) is 12.1 Å². The molecule has 0 unspecified atom stereocenters. The Bertz CT molecular complexity index is 987. The van der Waals surface area contributed by atoms with E-state index in [2.05, 4.69) is 48.0 Å². The van der Waals surface area contributed by atoms with Gasteiger partial charge < -0.3 is 4.74 Å². The number of aryl methyl sites for hydroxylation is 3. The van der Waals surface area contributed by atoms with E-state index >= 15 is 0 Å². The van der Waals surface area contributed by atoms with Crippen LogP contribution in [0, 0.1) is 0 Å². The quantitative estimate of drug-likeness (QED) is 0.352. The van der Waals surface area contributed by atoms with E-state index < -0.39 is 0 Å². The second kappa shape index (κ2) is 10.3. The summed E-state index contributed by atoms with van der Waals surface area (Å²) in [6, 6.07) is 14.5. The summed E-state index contributed by atoms with van der Waals surface area (Å²) in [7, 11) is 1.72. The Hall–Kier alpha value is -1.84. The number of nitrogens with zero attached hydrogens (tertiary/aromatic N) is 1. The lowest BCUT2D eigenvalue weighted by Crippen LogP contribution is -2.06. The van der Waals surface area contributed by atoms with Crippen molar-refractivity contribution in [3.05, 3.63) is 91.7 Å². The van der Waals surface area contributed by atoms with Crippen LogP contribution in [0.3, 0.4) is 0 Å². The molecule has 3 rings (SSSR count). The van der Waals surface area contributed by atoms with Crippen molar-refractivity contribution in [1.82, 2.24) is 4.98 Å². The molecule has 4 heteroatoms. The van der Waals surface area contributed by atoms with Crippen molar-refractivity contribution < 1.29 is 4.74 Å². The van der Waals surface area contributed by atoms with Crippen LogP contribution in [0.25, 0.3) is 0 Å². The Morgan fingerprint density at radius 1 is 0.931 bits per heavy atom. The average Bonchev–Trinajstić information content (AvgIpc) is 2.74. The summed E-state index contributed by atoms with van der Waals surface area (Å²) in [6.07, 6.45) is 6.49. The molecule has 0 spiro atoms. The Labute approximate surface area is 187 Å². The first-order valence-electron chi connectivity index (χ1n) is 10.1. The van der Waals surface area contributed by atoms with Crippen molar-refractivity contribution in [2.24, 2.45) is 0 Å². The van der Waals surface area contributed by atoms with Gasteiger partial charge in [-0.05, 0) is 83.8 Å². The largest absolute Gasteiger partial charge is 0.496 e. The van der Waals surface area contributed by atoms with Gasteiger partial charge in [0, 0.05) is 27.8 Å². The van der Waals surface area contributed by atoms with Gasteiger partial charge in [0.05, 0.1) is 7.11 Å². The summed E-state index contributed by atoms with van der Waals surface area (Å²) in [5.41, 5.74) is 7.51. The third-order valence-electron chi connectivity index (χ3n) is 5.44. The van der Waals surface area contributed by atoms with Crippen LogP contribution in [0.4, 0.5) is 0 Å². The molecule has 0 fully saturated rings. The molecule has 0 bridgehead atoms. The third kappa shape index (κ3) is 5.21. The zero-order valence-corrected chi connectivity index (χ0v) is 19.6. The van der Waals surface area contributed by atoms with Crippen molar-refractivity contribution in [3.8, 4) is 5.75 Å². The van der Waals surface area contributed by atoms with E-state index in [1.165, 1.54) is 27.8 Å². The fraction of sp³-hybridized carbons (Fsp3) is 0.320. The Kier molecular flexibility index (Phi) is 7.74. The maximum Gasteiger partial charge on any atom is 0.122 e. The van der Waals surface area contributed by atoms with Crippen molar-refractivity contribution in [2.75, 3.05) is 7.11 Å². The van der Waals surface area contributed by atoms with Gasteiger partial charge in [0.25, 0.3) is 0 Å². The predicted molar refractivity (Wildman–Crippen MR) is 125 cm³/mol. The van der Waals surface area contributed by atoms with Crippen LogP contribution in [0.5, 0.6) is 5.75 Å². The molecule has 0 saturated heterocycles. The molecule has 0 saturated carbocycles. The minimum absolute atomic E-state index is 0.766. The van der Waals surface area contributed by atoms with E-state index in [9.17, 15) is 0 Å². The first-order chi connectivity index (χ1) is 14.1. The van der Waals surface area contributed by atoms with E-state index in [4.69, 9.17) is 21.3 Å². The van der Waals surface area contributed by atoms with E-state index in [1.807, 2.05) is 30.5 Å². The normalized spacial score (nSPS) is 10.9. The highest BCUT2D eigenvalue weighted by molar-refractivity contribution is 9.10. The molecule has 2 nitrogen and oxygen atoms in total. The number of aromatic nitrogens is 1. The number of hydrogen-bond acceptors (Lipinski definition) is 2. The maximum absolute atomic E-state index is 6.65. The van der Waals surface area contributed by atoms with Gasteiger partial charge >= 0.3 is 0 Å². The minimum atomic E-state index is 0.766. The molecular weight excluding hydrogens is 446 g/mol. The van der Waals surface area contributed by atoms with Gasteiger partial charge in [0.15, 0.2) is 0 Å². The lowest BCUT2D eigenvalue weighted by Gasteiger charge is -2.16. The van der Waals surface area contributed by atoms with Crippen LogP contribution < -0.4 is 4.74 Å². The first kappa shape index (κ1) is 21.9. The number of pyridine rings is 1. The van der Waals surface area contributed by atoms with Gasteiger partial charge in [-0.25, -0.2) is 0 Å². The molecule has 3 aromatic rings. The Morgan fingerprint density at radius 3 is 2.45 bits per heavy atom. The highest BCUT2D eigenvalue weighted by Gasteiger charge is 2.14. The number of benzene rings is 2. The summed E-state index contributed by atoms with van der Waals surface area (Å²) >= 11 is 10.2. The second-order valence-corrected chi connectivity index (χ2v) is 8.44. The lowest BCUT2D eigenvalue weighted by atomic mass is 9.93. The molecule has 0 amide bonds. The number of hydrogen-bond donors (Lipinski definition) is 0. The molecule has 152 valence electrons. The summed E-state index contributed by atoms with van der Waals surface area (Å²) in [4.78, 5) is 4.71. The standard InChI is InChI=1S/C25H27BrClNO/c1-4-17-13-14-28-24(21(17)5-2)16-22-18(7-6-8-23(22)27)9-10-19-15-20(26)11-12-25(19)29-3/h6-8,11-15H,4-5,9-10,16H2,1-3H3. The van der Waals surface area contributed by atoms with Gasteiger partial charge in [0.2, 0.25) is 0 Å².